The van der Waals surface area contributed by atoms with E-state index in [-0.39, 0.29) is 11.8 Å². The van der Waals surface area contributed by atoms with Crippen molar-refractivity contribution in [1.82, 2.24) is 10.2 Å². The maximum atomic E-state index is 12.2. The minimum absolute atomic E-state index is 0.0591. The summed E-state index contributed by atoms with van der Waals surface area (Å²) in [4.78, 5) is 26.6. The second-order valence-electron chi connectivity index (χ2n) is 4.59. The van der Waals surface area contributed by atoms with E-state index in [0.717, 1.165) is 12.8 Å². The van der Waals surface area contributed by atoms with Crippen molar-refractivity contribution in [3.05, 3.63) is 34.5 Å². The van der Waals surface area contributed by atoms with Gasteiger partial charge in [0.05, 0.1) is 4.88 Å². The Balaban J connectivity index is 1.71. The number of rotatable bonds is 3. The van der Waals surface area contributed by atoms with E-state index in [0.29, 0.717) is 17.5 Å². The van der Waals surface area contributed by atoms with Gasteiger partial charge in [0, 0.05) is 12.6 Å². The summed E-state index contributed by atoms with van der Waals surface area (Å²) in [5, 5.41) is 4.82. The lowest BCUT2D eigenvalue weighted by atomic mass is 10.2. The Morgan fingerprint density at radius 1 is 1.39 bits per heavy atom. The third-order valence-corrected chi connectivity index (χ3v) is 4.00. The van der Waals surface area contributed by atoms with Gasteiger partial charge < -0.3 is 10.2 Å². The quantitative estimate of drug-likeness (QED) is 0.837. The van der Waals surface area contributed by atoms with Crippen molar-refractivity contribution in [1.29, 1.82) is 0 Å². The predicted octanol–water partition coefficient (Wildman–Crippen LogP) is 1.41. The molecule has 1 saturated carbocycles. The zero-order chi connectivity index (χ0) is 12.5. The lowest BCUT2D eigenvalue weighted by molar-refractivity contribution is -0.123. The molecule has 2 heterocycles. The molecular formula is C13H14N2O2S. The van der Waals surface area contributed by atoms with Gasteiger partial charge in [-0.1, -0.05) is 18.2 Å². The summed E-state index contributed by atoms with van der Waals surface area (Å²) < 4.78 is 0. The van der Waals surface area contributed by atoms with E-state index >= 15 is 0 Å². The number of amides is 2. The molecule has 4 nitrogen and oxygen atoms in total. The van der Waals surface area contributed by atoms with Crippen LogP contribution in [0.2, 0.25) is 0 Å². The van der Waals surface area contributed by atoms with Gasteiger partial charge in [-0.3, -0.25) is 9.59 Å². The highest BCUT2D eigenvalue weighted by Gasteiger charge is 2.34. The lowest BCUT2D eigenvalue weighted by Crippen LogP contribution is -2.46. The molecule has 18 heavy (non-hydrogen) atoms. The molecule has 1 aliphatic carbocycles. The fourth-order valence-corrected chi connectivity index (χ4v) is 2.69. The van der Waals surface area contributed by atoms with E-state index in [1.54, 1.807) is 11.0 Å². The zero-order valence-corrected chi connectivity index (χ0v) is 10.7. The average molecular weight is 262 g/mol. The molecule has 1 atom stereocenters. The van der Waals surface area contributed by atoms with Crippen LogP contribution >= 0.6 is 11.3 Å². The highest BCUT2D eigenvalue weighted by atomic mass is 32.1. The third-order valence-electron chi connectivity index (χ3n) is 3.14. The largest absolute Gasteiger partial charge is 0.351 e. The molecule has 2 amide bonds. The van der Waals surface area contributed by atoms with E-state index in [1.807, 2.05) is 23.6 Å². The van der Waals surface area contributed by atoms with Gasteiger partial charge in [0.25, 0.3) is 5.91 Å². The maximum Gasteiger partial charge on any atom is 0.265 e. The van der Waals surface area contributed by atoms with Crippen LogP contribution < -0.4 is 5.32 Å². The molecule has 1 fully saturated rings. The summed E-state index contributed by atoms with van der Waals surface area (Å²) in [5.41, 5.74) is 0. The summed E-state index contributed by atoms with van der Waals surface area (Å²) >= 11 is 1.41. The Labute approximate surface area is 109 Å². The fourth-order valence-electron chi connectivity index (χ4n) is 2.01. The standard InChI is InChI=1S/C13H14N2O2S/c16-12(14-9-5-6-9)10-3-1-7-15(10)13(17)11-4-2-8-18-11/h1-4,8-10H,5-7H2,(H,14,16)/t10-/m1/s1. The first-order chi connectivity index (χ1) is 8.75. The van der Waals surface area contributed by atoms with Gasteiger partial charge in [-0.05, 0) is 24.3 Å². The highest BCUT2D eigenvalue weighted by Crippen LogP contribution is 2.21. The molecule has 0 radical (unpaired) electrons. The van der Waals surface area contributed by atoms with Gasteiger partial charge in [-0.25, -0.2) is 0 Å². The molecule has 0 bridgehead atoms. The van der Waals surface area contributed by atoms with Gasteiger partial charge in [-0.15, -0.1) is 11.3 Å². The van der Waals surface area contributed by atoms with Crippen molar-refractivity contribution in [2.75, 3.05) is 6.54 Å². The Kier molecular flexibility index (Phi) is 2.91. The van der Waals surface area contributed by atoms with E-state index < -0.39 is 6.04 Å². The topological polar surface area (TPSA) is 49.4 Å². The average Bonchev–Trinajstić information content (AvgIpc) is 2.91. The third kappa shape index (κ3) is 2.18. The second-order valence-corrected chi connectivity index (χ2v) is 5.54. The number of carbonyl (C=O) groups excluding carboxylic acids is 2. The normalized spacial score (nSPS) is 22.2. The molecule has 0 unspecified atom stereocenters. The van der Waals surface area contributed by atoms with Crippen LogP contribution in [0.1, 0.15) is 22.5 Å². The number of thiophene rings is 1. The van der Waals surface area contributed by atoms with Crippen LogP contribution in [0.5, 0.6) is 0 Å². The molecule has 1 aromatic heterocycles. The summed E-state index contributed by atoms with van der Waals surface area (Å²) in [6.45, 7) is 0.513. The van der Waals surface area contributed by atoms with Crippen LogP contribution in [0.15, 0.2) is 29.7 Å². The van der Waals surface area contributed by atoms with E-state index in [9.17, 15) is 9.59 Å². The van der Waals surface area contributed by atoms with Gasteiger partial charge in [0.15, 0.2) is 0 Å². The SMILES string of the molecule is O=C(NC1CC1)[C@H]1C=CCN1C(=O)c1cccs1. The first kappa shape index (κ1) is 11.5. The van der Waals surface area contributed by atoms with Crippen molar-refractivity contribution >= 4 is 23.2 Å². The van der Waals surface area contributed by atoms with Crippen LogP contribution in [0.4, 0.5) is 0 Å². The van der Waals surface area contributed by atoms with Crippen molar-refractivity contribution in [2.24, 2.45) is 0 Å². The number of hydrogen-bond donors (Lipinski definition) is 1. The van der Waals surface area contributed by atoms with E-state index in [2.05, 4.69) is 5.32 Å². The second kappa shape index (κ2) is 4.57. The molecule has 2 aliphatic rings. The lowest BCUT2D eigenvalue weighted by Gasteiger charge is -2.23. The Hall–Kier alpha value is -1.62. The molecule has 1 aliphatic heterocycles. The zero-order valence-electron chi connectivity index (χ0n) is 9.83. The first-order valence-corrected chi connectivity index (χ1v) is 6.95. The van der Waals surface area contributed by atoms with Crippen LogP contribution in [0.3, 0.4) is 0 Å². The molecule has 3 rings (SSSR count). The van der Waals surface area contributed by atoms with Crippen LogP contribution in [0, 0.1) is 0 Å². The van der Waals surface area contributed by atoms with Crippen molar-refractivity contribution in [3.63, 3.8) is 0 Å². The highest BCUT2D eigenvalue weighted by molar-refractivity contribution is 7.12. The van der Waals surface area contributed by atoms with E-state index in [4.69, 9.17) is 0 Å². The molecule has 0 aromatic carbocycles. The maximum absolute atomic E-state index is 12.2. The fraction of sp³-hybridized carbons (Fsp3) is 0.385. The molecule has 0 saturated heterocycles. The van der Waals surface area contributed by atoms with Gasteiger partial charge >= 0.3 is 0 Å². The monoisotopic (exact) mass is 262 g/mol. The smallest absolute Gasteiger partial charge is 0.265 e. The van der Waals surface area contributed by atoms with Gasteiger partial charge in [0.1, 0.15) is 6.04 Å². The minimum Gasteiger partial charge on any atom is -0.351 e. The predicted molar refractivity (Wildman–Crippen MR) is 69.4 cm³/mol. The van der Waals surface area contributed by atoms with Crippen molar-refractivity contribution in [2.45, 2.75) is 24.9 Å². The molecular weight excluding hydrogens is 248 g/mol. The van der Waals surface area contributed by atoms with Crippen molar-refractivity contribution < 1.29 is 9.59 Å². The van der Waals surface area contributed by atoms with Gasteiger partial charge in [-0.2, -0.15) is 0 Å². The molecule has 5 heteroatoms. The summed E-state index contributed by atoms with van der Waals surface area (Å²) in [5.74, 6) is -0.123. The Morgan fingerprint density at radius 2 is 2.22 bits per heavy atom. The summed E-state index contributed by atoms with van der Waals surface area (Å²) in [6, 6.07) is 3.52. The molecule has 94 valence electrons. The number of nitrogens with one attached hydrogen (secondary N) is 1. The molecule has 1 N–H and O–H groups in total. The number of carbonyl (C=O) groups is 2. The van der Waals surface area contributed by atoms with E-state index in [1.165, 1.54) is 11.3 Å². The summed E-state index contributed by atoms with van der Waals surface area (Å²) in [7, 11) is 0. The van der Waals surface area contributed by atoms with Crippen LogP contribution in [-0.2, 0) is 4.79 Å². The van der Waals surface area contributed by atoms with Crippen molar-refractivity contribution in [3.8, 4) is 0 Å². The number of hydrogen-bond acceptors (Lipinski definition) is 3. The van der Waals surface area contributed by atoms with Crippen LogP contribution in [-0.4, -0.2) is 35.3 Å². The Bertz CT molecular complexity index is 491. The first-order valence-electron chi connectivity index (χ1n) is 6.07. The summed E-state index contributed by atoms with van der Waals surface area (Å²) in [6.07, 6.45) is 5.80. The van der Waals surface area contributed by atoms with Crippen LogP contribution in [0.25, 0.3) is 0 Å². The Morgan fingerprint density at radius 3 is 2.89 bits per heavy atom. The molecule has 1 aromatic rings. The number of nitrogens with zero attached hydrogens (tertiary/aromatic N) is 1. The minimum atomic E-state index is -0.444. The molecule has 0 spiro atoms. The van der Waals surface area contributed by atoms with Gasteiger partial charge in [0.2, 0.25) is 5.91 Å².